The lowest BCUT2D eigenvalue weighted by Crippen LogP contribution is -2.47. The van der Waals surface area contributed by atoms with Gasteiger partial charge in [-0.1, -0.05) is 65.1 Å². The Labute approximate surface area is 206 Å². The highest BCUT2D eigenvalue weighted by atomic mass is 35.5. The molecule has 32 heavy (non-hydrogen) atoms. The van der Waals surface area contributed by atoms with Crippen molar-refractivity contribution in [3.8, 4) is 0 Å². The predicted molar refractivity (Wildman–Crippen MR) is 137 cm³/mol. The van der Waals surface area contributed by atoms with Gasteiger partial charge in [-0.15, -0.1) is 0 Å². The highest BCUT2D eigenvalue weighted by Crippen LogP contribution is 2.30. The number of nitrogens with zero attached hydrogens (tertiary/aromatic N) is 2. The summed E-state index contributed by atoms with van der Waals surface area (Å²) in [7, 11) is 1.69. The van der Waals surface area contributed by atoms with Crippen LogP contribution in [-0.4, -0.2) is 29.9 Å². The first-order valence-electron chi connectivity index (χ1n) is 9.56. The highest BCUT2D eigenvalue weighted by molar-refractivity contribution is 7.80. The zero-order valence-corrected chi connectivity index (χ0v) is 19.9. The van der Waals surface area contributed by atoms with Crippen molar-refractivity contribution in [3.05, 3.63) is 92.9 Å². The molecule has 0 aliphatic carbocycles. The van der Waals surface area contributed by atoms with Crippen LogP contribution in [0.4, 0.5) is 11.4 Å². The Morgan fingerprint density at radius 2 is 1.66 bits per heavy atom. The molecule has 0 saturated carbocycles. The molecule has 0 radical (unpaired) electrons. The summed E-state index contributed by atoms with van der Waals surface area (Å²) >= 11 is 23.8. The van der Waals surface area contributed by atoms with Gasteiger partial charge in [0.1, 0.15) is 0 Å². The van der Waals surface area contributed by atoms with Gasteiger partial charge in [0.2, 0.25) is 6.17 Å². The molecule has 5 nitrogen and oxygen atoms in total. The average Bonchev–Trinajstić information content (AvgIpc) is 2.84. The summed E-state index contributed by atoms with van der Waals surface area (Å²) in [5, 5.41) is 7.68. The van der Waals surface area contributed by atoms with E-state index in [0.29, 0.717) is 32.2 Å². The molecule has 0 bridgehead atoms. The maximum absolute atomic E-state index is 13.3. The number of nitrogens with one attached hydrogen (secondary N) is 2. The number of carbonyl (C=O) groups excluding carboxylic acids is 1. The Morgan fingerprint density at radius 3 is 2.34 bits per heavy atom. The first-order chi connectivity index (χ1) is 15.3. The van der Waals surface area contributed by atoms with Crippen molar-refractivity contribution in [3.63, 3.8) is 0 Å². The topological polar surface area (TPSA) is 56.7 Å². The van der Waals surface area contributed by atoms with E-state index in [2.05, 4.69) is 10.6 Å². The Kier molecular flexibility index (Phi) is 6.67. The number of hydrogen-bond donors (Lipinski definition) is 2. The van der Waals surface area contributed by atoms with Crippen molar-refractivity contribution in [2.75, 3.05) is 17.3 Å². The fraction of sp³-hybridized carbons (Fsp3) is 0.0870. The van der Waals surface area contributed by atoms with Gasteiger partial charge in [-0.05, 0) is 48.6 Å². The van der Waals surface area contributed by atoms with Crippen LogP contribution in [-0.2, 0) is 4.79 Å². The molecule has 4 rings (SSSR count). The number of fused-ring (bicyclic) bond motifs is 1. The Hall–Kier alpha value is -2.64. The smallest absolute Gasteiger partial charge is 0.272 e. The molecule has 1 unspecified atom stereocenters. The maximum Gasteiger partial charge on any atom is 0.272 e. The summed E-state index contributed by atoms with van der Waals surface area (Å²) in [4.78, 5) is 19.6. The van der Waals surface area contributed by atoms with E-state index in [-0.39, 0.29) is 11.0 Å². The number of benzodiazepines with no additional fused rings is 1. The van der Waals surface area contributed by atoms with Crippen molar-refractivity contribution >= 4 is 75.1 Å². The third kappa shape index (κ3) is 4.89. The summed E-state index contributed by atoms with van der Waals surface area (Å²) < 4.78 is 0. The molecule has 3 aromatic carbocycles. The molecule has 0 fully saturated rings. The van der Waals surface area contributed by atoms with E-state index in [0.717, 1.165) is 11.1 Å². The van der Waals surface area contributed by atoms with Crippen LogP contribution in [0, 0.1) is 0 Å². The second kappa shape index (κ2) is 9.46. The summed E-state index contributed by atoms with van der Waals surface area (Å²) in [5.41, 5.74) is 3.53. The van der Waals surface area contributed by atoms with Crippen molar-refractivity contribution in [1.82, 2.24) is 5.32 Å². The number of anilines is 2. The zero-order chi connectivity index (χ0) is 22.8. The second-order valence-corrected chi connectivity index (χ2v) is 8.78. The van der Waals surface area contributed by atoms with Crippen molar-refractivity contribution < 1.29 is 4.79 Å². The van der Waals surface area contributed by atoms with Gasteiger partial charge in [0.15, 0.2) is 5.11 Å². The quantitative estimate of drug-likeness (QED) is 0.445. The summed E-state index contributed by atoms with van der Waals surface area (Å²) in [5.74, 6) is -0.271. The van der Waals surface area contributed by atoms with E-state index in [9.17, 15) is 4.79 Å². The first-order valence-corrected chi connectivity index (χ1v) is 11.1. The van der Waals surface area contributed by atoms with E-state index in [1.54, 1.807) is 48.3 Å². The molecule has 0 spiro atoms. The lowest BCUT2D eigenvalue weighted by Gasteiger charge is -2.22. The lowest BCUT2D eigenvalue weighted by molar-refractivity contribution is -0.119. The Balaban J connectivity index is 1.71. The minimum atomic E-state index is -0.962. The summed E-state index contributed by atoms with van der Waals surface area (Å²) in [6, 6.07) is 19.9. The van der Waals surface area contributed by atoms with Crippen LogP contribution in [0.1, 0.15) is 11.1 Å². The summed E-state index contributed by atoms with van der Waals surface area (Å²) in [6.45, 7) is 0. The monoisotopic (exact) mass is 502 g/mol. The van der Waals surface area contributed by atoms with Crippen molar-refractivity contribution in [2.45, 2.75) is 6.17 Å². The molecule has 0 saturated heterocycles. The van der Waals surface area contributed by atoms with Gasteiger partial charge in [0, 0.05) is 38.9 Å². The molecule has 0 aromatic heterocycles. The molecule has 2 N–H and O–H groups in total. The molecule has 1 aliphatic heterocycles. The SMILES string of the molecule is CN1C(=O)C(NC(=S)Nc2cc(Cl)cc(Cl)c2)N=C(c2ccccc2)c2cc(Cl)ccc21. The van der Waals surface area contributed by atoms with E-state index in [1.165, 1.54) is 0 Å². The molecular weight excluding hydrogens is 487 g/mol. The van der Waals surface area contributed by atoms with Gasteiger partial charge >= 0.3 is 0 Å². The Bertz CT molecular complexity index is 1210. The number of carbonyl (C=O) groups is 1. The molecule has 1 heterocycles. The normalized spacial score (nSPS) is 15.5. The minimum Gasteiger partial charge on any atom is -0.333 e. The van der Waals surface area contributed by atoms with Crippen molar-refractivity contribution in [1.29, 1.82) is 0 Å². The van der Waals surface area contributed by atoms with Crippen LogP contribution >= 0.6 is 47.0 Å². The average molecular weight is 504 g/mol. The van der Waals surface area contributed by atoms with Crippen molar-refractivity contribution in [2.24, 2.45) is 4.99 Å². The number of benzene rings is 3. The number of aliphatic imine (C=N–C) groups is 1. The zero-order valence-electron chi connectivity index (χ0n) is 16.8. The number of likely N-dealkylation sites (N-methyl/N-ethyl adjacent to an activating group) is 1. The molecule has 162 valence electrons. The van der Waals surface area contributed by atoms with Crippen LogP contribution < -0.4 is 15.5 Å². The first kappa shape index (κ1) is 22.6. The van der Waals surface area contributed by atoms with Crippen LogP contribution in [0.3, 0.4) is 0 Å². The van der Waals surface area contributed by atoms with E-state index < -0.39 is 6.17 Å². The van der Waals surface area contributed by atoms with Gasteiger partial charge in [0.05, 0.1) is 11.4 Å². The molecule has 9 heteroatoms. The van der Waals surface area contributed by atoms with Crippen LogP contribution in [0.2, 0.25) is 15.1 Å². The summed E-state index contributed by atoms with van der Waals surface area (Å²) in [6.07, 6.45) is -0.962. The van der Waals surface area contributed by atoms with E-state index >= 15 is 0 Å². The van der Waals surface area contributed by atoms with E-state index in [4.69, 9.17) is 52.0 Å². The third-order valence-corrected chi connectivity index (χ3v) is 5.72. The second-order valence-electron chi connectivity index (χ2n) is 7.06. The van der Waals surface area contributed by atoms with Crippen LogP contribution in [0.25, 0.3) is 0 Å². The largest absolute Gasteiger partial charge is 0.333 e. The minimum absolute atomic E-state index is 0.204. The Morgan fingerprint density at radius 1 is 0.969 bits per heavy atom. The molecule has 3 aromatic rings. The molecule has 1 atom stereocenters. The molecule has 1 aliphatic rings. The number of hydrogen-bond acceptors (Lipinski definition) is 3. The van der Waals surface area contributed by atoms with Gasteiger partial charge in [0.25, 0.3) is 5.91 Å². The maximum atomic E-state index is 13.3. The van der Waals surface area contributed by atoms with Gasteiger partial charge in [-0.25, -0.2) is 4.99 Å². The number of thiocarbonyl (C=S) groups is 1. The molecular formula is C23H17Cl3N4OS. The fourth-order valence-corrected chi connectivity index (χ4v) is 4.31. The van der Waals surface area contributed by atoms with Crippen LogP contribution in [0.5, 0.6) is 0 Å². The third-order valence-electron chi connectivity index (χ3n) is 4.83. The number of rotatable bonds is 3. The fourth-order valence-electron chi connectivity index (χ4n) is 3.38. The number of halogens is 3. The highest BCUT2D eigenvalue weighted by Gasteiger charge is 2.30. The van der Waals surface area contributed by atoms with Gasteiger partial charge in [-0.2, -0.15) is 0 Å². The van der Waals surface area contributed by atoms with Crippen LogP contribution in [0.15, 0.2) is 71.7 Å². The van der Waals surface area contributed by atoms with Gasteiger partial charge < -0.3 is 15.5 Å². The standard InChI is InChI=1S/C23H17Cl3N4OS/c1-30-19-8-7-14(24)12-18(19)20(13-5-3-2-4-6-13)28-21(22(30)31)29-23(32)27-17-10-15(25)9-16(26)11-17/h2-12,21H,1H3,(H2,27,29,32). The predicted octanol–water partition coefficient (Wildman–Crippen LogP) is 5.77. The molecule has 1 amide bonds. The van der Waals surface area contributed by atoms with E-state index in [1.807, 2.05) is 30.3 Å². The van der Waals surface area contributed by atoms with Gasteiger partial charge in [-0.3, -0.25) is 4.79 Å². The lowest BCUT2D eigenvalue weighted by atomic mass is 10.0. The number of amides is 1.